The van der Waals surface area contributed by atoms with Gasteiger partial charge in [-0.25, -0.2) is 0 Å². The highest BCUT2D eigenvalue weighted by Crippen LogP contribution is 2.51. The summed E-state index contributed by atoms with van der Waals surface area (Å²) in [5.41, 5.74) is 1.94. The summed E-state index contributed by atoms with van der Waals surface area (Å²) in [6.45, 7) is 3.59. The van der Waals surface area contributed by atoms with Crippen molar-refractivity contribution in [3.05, 3.63) is 35.9 Å². The number of carbonyl (C=O) groups is 1. The number of hydrogen-bond acceptors (Lipinski definition) is 3. The van der Waals surface area contributed by atoms with Crippen LogP contribution in [0.2, 0.25) is 0 Å². The van der Waals surface area contributed by atoms with Gasteiger partial charge in [0.25, 0.3) is 0 Å². The molecular weight excluding hydrogens is 348 g/mol. The van der Waals surface area contributed by atoms with Gasteiger partial charge < -0.3 is 9.64 Å². The molecule has 4 heteroatoms. The predicted octanol–water partition coefficient (Wildman–Crippen LogP) is 4.05. The molecule has 4 rings (SSSR count). The van der Waals surface area contributed by atoms with Crippen LogP contribution < -0.4 is 0 Å². The molecule has 1 aromatic carbocycles. The number of carbonyl (C=O) groups excluding carboxylic acids is 1. The van der Waals surface area contributed by atoms with Gasteiger partial charge >= 0.3 is 0 Å². The van der Waals surface area contributed by atoms with Crippen LogP contribution in [-0.2, 0) is 15.1 Å². The first-order valence-corrected chi connectivity index (χ1v) is 11.1. The van der Waals surface area contributed by atoms with Gasteiger partial charge in [0.05, 0.1) is 0 Å². The van der Waals surface area contributed by atoms with Crippen LogP contribution in [0, 0.1) is 11.3 Å². The van der Waals surface area contributed by atoms with Crippen molar-refractivity contribution < 1.29 is 9.53 Å². The highest BCUT2D eigenvalue weighted by molar-refractivity contribution is 5.76. The number of amides is 1. The maximum absolute atomic E-state index is 12.9. The van der Waals surface area contributed by atoms with Crippen LogP contribution >= 0.6 is 0 Å². The van der Waals surface area contributed by atoms with Crippen LogP contribution in [-0.4, -0.2) is 56.1 Å². The zero-order chi connectivity index (χ0) is 19.6. The van der Waals surface area contributed by atoms with E-state index in [1.165, 1.54) is 37.7 Å². The second kappa shape index (κ2) is 8.16. The van der Waals surface area contributed by atoms with Crippen LogP contribution in [0.3, 0.4) is 0 Å². The third kappa shape index (κ3) is 3.86. The molecule has 0 atom stereocenters. The van der Waals surface area contributed by atoms with Crippen molar-refractivity contribution in [3.63, 3.8) is 0 Å². The fourth-order valence-electron chi connectivity index (χ4n) is 5.82. The molecular formula is C24H36N2O2. The third-order valence-corrected chi connectivity index (χ3v) is 7.90. The van der Waals surface area contributed by atoms with E-state index in [2.05, 4.69) is 54.2 Å². The average Bonchev–Trinajstić information content (AvgIpc) is 3.14. The van der Waals surface area contributed by atoms with Crippen molar-refractivity contribution >= 4 is 5.91 Å². The summed E-state index contributed by atoms with van der Waals surface area (Å²) in [5.74, 6) is 0.917. The largest absolute Gasteiger partial charge is 0.381 e. The number of hydrogen-bond donors (Lipinski definition) is 0. The summed E-state index contributed by atoms with van der Waals surface area (Å²) in [5, 5.41) is 0. The van der Waals surface area contributed by atoms with Gasteiger partial charge in [-0.15, -0.1) is 0 Å². The maximum Gasteiger partial charge on any atom is 0.222 e. The predicted molar refractivity (Wildman–Crippen MR) is 112 cm³/mol. The molecule has 2 aliphatic heterocycles. The SMILES string of the molecule is CN(C)C1(c2ccccc2)CCC2(CCN(C(=O)CC3CCOCC3)C2)CC1. The van der Waals surface area contributed by atoms with E-state index in [0.717, 1.165) is 45.6 Å². The Hall–Kier alpha value is -1.39. The quantitative estimate of drug-likeness (QED) is 0.785. The van der Waals surface area contributed by atoms with Crippen LogP contribution in [0.1, 0.15) is 56.9 Å². The second-order valence-corrected chi connectivity index (χ2v) is 9.62. The van der Waals surface area contributed by atoms with Crippen molar-refractivity contribution in [1.82, 2.24) is 9.80 Å². The lowest BCUT2D eigenvalue weighted by Gasteiger charge is -2.49. The molecule has 1 saturated carbocycles. The van der Waals surface area contributed by atoms with Gasteiger partial charge in [0, 0.05) is 38.3 Å². The van der Waals surface area contributed by atoms with E-state index in [-0.39, 0.29) is 5.54 Å². The average molecular weight is 385 g/mol. The molecule has 154 valence electrons. The van der Waals surface area contributed by atoms with Gasteiger partial charge in [-0.3, -0.25) is 9.69 Å². The highest BCUT2D eigenvalue weighted by atomic mass is 16.5. The molecule has 0 radical (unpaired) electrons. The van der Waals surface area contributed by atoms with Crippen molar-refractivity contribution in [3.8, 4) is 0 Å². The Balaban J connectivity index is 1.38. The zero-order valence-corrected chi connectivity index (χ0v) is 17.7. The number of benzene rings is 1. The topological polar surface area (TPSA) is 32.8 Å². The molecule has 2 heterocycles. The lowest BCUT2D eigenvalue weighted by molar-refractivity contribution is -0.132. The Morgan fingerprint density at radius 1 is 1.07 bits per heavy atom. The van der Waals surface area contributed by atoms with E-state index in [9.17, 15) is 4.79 Å². The molecule has 0 unspecified atom stereocenters. The molecule has 0 N–H and O–H groups in total. The second-order valence-electron chi connectivity index (χ2n) is 9.62. The standard InChI is InChI=1S/C24H36N2O2/c1-25(2)24(21-6-4-3-5-7-21)12-10-23(11-13-24)14-15-26(19-23)22(27)18-20-8-16-28-17-9-20/h3-7,20H,8-19H2,1-2H3. The van der Waals surface area contributed by atoms with Gasteiger partial charge in [-0.05, 0) is 75.9 Å². The van der Waals surface area contributed by atoms with E-state index in [0.29, 0.717) is 17.2 Å². The monoisotopic (exact) mass is 384 g/mol. The van der Waals surface area contributed by atoms with Crippen molar-refractivity contribution in [2.45, 2.75) is 56.9 Å². The van der Waals surface area contributed by atoms with Crippen LogP contribution in [0.25, 0.3) is 0 Å². The molecule has 1 amide bonds. The Kier molecular flexibility index (Phi) is 5.80. The minimum Gasteiger partial charge on any atom is -0.381 e. The van der Waals surface area contributed by atoms with Crippen molar-refractivity contribution in [2.24, 2.45) is 11.3 Å². The maximum atomic E-state index is 12.9. The fourth-order valence-corrected chi connectivity index (χ4v) is 5.82. The summed E-state index contributed by atoms with van der Waals surface area (Å²) in [7, 11) is 4.45. The van der Waals surface area contributed by atoms with E-state index in [4.69, 9.17) is 4.74 Å². The van der Waals surface area contributed by atoms with Gasteiger partial charge in [0.1, 0.15) is 0 Å². The molecule has 0 bridgehead atoms. The number of nitrogens with zero attached hydrogens (tertiary/aromatic N) is 2. The van der Waals surface area contributed by atoms with Crippen LogP contribution in [0.15, 0.2) is 30.3 Å². The van der Waals surface area contributed by atoms with E-state index in [1.807, 2.05) is 0 Å². The van der Waals surface area contributed by atoms with E-state index < -0.39 is 0 Å². The van der Waals surface area contributed by atoms with Gasteiger partial charge in [0.15, 0.2) is 0 Å². The zero-order valence-electron chi connectivity index (χ0n) is 17.7. The Labute approximate surface area is 170 Å². The highest BCUT2D eigenvalue weighted by Gasteiger charge is 2.48. The number of likely N-dealkylation sites (tertiary alicyclic amines) is 1. The Bertz CT molecular complexity index is 658. The van der Waals surface area contributed by atoms with Gasteiger partial charge in [0.2, 0.25) is 5.91 Å². The normalized spacial score (nSPS) is 31.6. The van der Waals surface area contributed by atoms with Crippen LogP contribution in [0.4, 0.5) is 0 Å². The van der Waals surface area contributed by atoms with Gasteiger partial charge in [-0.1, -0.05) is 30.3 Å². The molecule has 4 nitrogen and oxygen atoms in total. The molecule has 0 aromatic heterocycles. The first-order chi connectivity index (χ1) is 13.5. The smallest absolute Gasteiger partial charge is 0.222 e. The third-order valence-electron chi connectivity index (χ3n) is 7.90. The lowest BCUT2D eigenvalue weighted by atomic mass is 9.64. The first-order valence-electron chi connectivity index (χ1n) is 11.1. The molecule has 1 spiro atoms. The summed E-state index contributed by atoms with van der Waals surface area (Å²) < 4.78 is 5.44. The van der Waals surface area contributed by atoms with Gasteiger partial charge in [-0.2, -0.15) is 0 Å². The number of ether oxygens (including phenoxy) is 1. The fraction of sp³-hybridized carbons (Fsp3) is 0.708. The molecule has 1 aromatic rings. The number of rotatable bonds is 4. The molecule has 28 heavy (non-hydrogen) atoms. The van der Waals surface area contributed by atoms with Crippen molar-refractivity contribution in [1.29, 1.82) is 0 Å². The minimum atomic E-state index is 0.145. The first kappa shape index (κ1) is 19.9. The molecule has 2 saturated heterocycles. The van der Waals surface area contributed by atoms with E-state index in [1.54, 1.807) is 0 Å². The summed E-state index contributed by atoms with van der Waals surface area (Å²) in [6, 6.07) is 11.0. The van der Waals surface area contributed by atoms with Crippen molar-refractivity contribution in [2.75, 3.05) is 40.4 Å². The Morgan fingerprint density at radius 2 is 1.75 bits per heavy atom. The summed E-state index contributed by atoms with van der Waals surface area (Å²) >= 11 is 0. The lowest BCUT2D eigenvalue weighted by Crippen LogP contribution is -2.47. The molecule has 3 fully saturated rings. The Morgan fingerprint density at radius 3 is 2.39 bits per heavy atom. The molecule has 3 aliphatic rings. The minimum absolute atomic E-state index is 0.145. The molecule has 1 aliphatic carbocycles. The van der Waals surface area contributed by atoms with Crippen LogP contribution in [0.5, 0.6) is 0 Å². The summed E-state index contributed by atoms with van der Waals surface area (Å²) in [6.07, 6.45) is 8.83. The summed E-state index contributed by atoms with van der Waals surface area (Å²) in [4.78, 5) is 17.5. The van der Waals surface area contributed by atoms with E-state index >= 15 is 0 Å².